The maximum Gasteiger partial charge on any atom is 0.132 e. The van der Waals surface area contributed by atoms with Gasteiger partial charge in [0.2, 0.25) is 0 Å². The Labute approximate surface area is 147 Å². The van der Waals surface area contributed by atoms with E-state index in [2.05, 4.69) is 6.92 Å². The molecule has 0 amide bonds. The van der Waals surface area contributed by atoms with Gasteiger partial charge in [-0.25, -0.2) is 0 Å². The van der Waals surface area contributed by atoms with Crippen LogP contribution in [-0.2, 0) is 15.6 Å². The maximum atomic E-state index is 11.6. The minimum Gasteiger partial charge on any atom is -0.302 e. The quantitative estimate of drug-likeness (QED) is 0.219. The fraction of sp³-hybridized carbons (Fsp3) is 0.950. The van der Waals surface area contributed by atoms with Crippen molar-refractivity contribution in [2.24, 2.45) is 0 Å². The molecule has 0 radical (unpaired) electrons. The molecule has 23 heavy (non-hydrogen) atoms. The van der Waals surface area contributed by atoms with E-state index in [0.29, 0.717) is 0 Å². The van der Waals surface area contributed by atoms with Gasteiger partial charge in [-0.15, -0.1) is 0 Å². The van der Waals surface area contributed by atoms with Gasteiger partial charge in [-0.3, -0.25) is 4.21 Å². The van der Waals surface area contributed by atoms with Crippen molar-refractivity contribution in [3.63, 3.8) is 0 Å². The Hall–Kier alpha value is -0.180. The van der Waals surface area contributed by atoms with Crippen LogP contribution in [0.4, 0.5) is 0 Å². The molecule has 0 aromatic heterocycles. The second-order valence-electron chi connectivity index (χ2n) is 6.91. The SMILES string of the molecule is CCCCCCCCCCCCCCCCC(C)S(=O)CC=O. The topological polar surface area (TPSA) is 34.1 Å². The average Bonchev–Trinajstić information content (AvgIpc) is 2.55. The first-order valence-corrected chi connectivity index (χ1v) is 11.4. The van der Waals surface area contributed by atoms with Crippen molar-refractivity contribution in [2.45, 2.75) is 115 Å². The summed E-state index contributed by atoms with van der Waals surface area (Å²) in [6.07, 6.45) is 20.9. The molecule has 2 unspecified atom stereocenters. The van der Waals surface area contributed by atoms with Crippen LogP contribution in [0.3, 0.4) is 0 Å². The Bertz CT molecular complexity index is 279. The van der Waals surface area contributed by atoms with Gasteiger partial charge in [0.1, 0.15) is 6.29 Å². The Morgan fingerprint density at radius 3 is 1.52 bits per heavy atom. The van der Waals surface area contributed by atoms with E-state index in [1.54, 1.807) is 0 Å². The van der Waals surface area contributed by atoms with Crippen LogP contribution >= 0.6 is 0 Å². The lowest BCUT2D eigenvalue weighted by Gasteiger charge is -2.09. The molecule has 0 heterocycles. The lowest BCUT2D eigenvalue weighted by atomic mass is 10.0. The van der Waals surface area contributed by atoms with Crippen molar-refractivity contribution in [1.29, 1.82) is 0 Å². The molecule has 0 aliphatic carbocycles. The van der Waals surface area contributed by atoms with Gasteiger partial charge in [-0.05, 0) is 6.42 Å². The molecule has 0 aliphatic rings. The van der Waals surface area contributed by atoms with Crippen LogP contribution < -0.4 is 0 Å². The van der Waals surface area contributed by atoms with E-state index in [-0.39, 0.29) is 11.0 Å². The van der Waals surface area contributed by atoms with Crippen LogP contribution in [0, 0.1) is 0 Å². The van der Waals surface area contributed by atoms with E-state index in [9.17, 15) is 9.00 Å². The normalized spacial score (nSPS) is 13.8. The summed E-state index contributed by atoms with van der Waals surface area (Å²) in [6.45, 7) is 4.27. The van der Waals surface area contributed by atoms with Crippen LogP contribution in [0.5, 0.6) is 0 Å². The number of carbonyl (C=O) groups excluding carboxylic acids is 1. The largest absolute Gasteiger partial charge is 0.302 e. The predicted octanol–water partition coefficient (Wildman–Crippen LogP) is 6.19. The fourth-order valence-corrected chi connectivity index (χ4v) is 3.88. The molecular formula is C20H40O2S. The lowest BCUT2D eigenvalue weighted by molar-refractivity contribution is -0.105. The molecule has 0 saturated carbocycles. The molecule has 2 nitrogen and oxygen atoms in total. The van der Waals surface area contributed by atoms with Crippen LogP contribution in [-0.4, -0.2) is 21.5 Å². The highest BCUT2D eigenvalue weighted by atomic mass is 32.2. The summed E-state index contributed by atoms with van der Waals surface area (Å²) in [7, 11) is -0.950. The zero-order valence-electron chi connectivity index (χ0n) is 15.7. The van der Waals surface area contributed by atoms with Crippen LogP contribution in [0.1, 0.15) is 110 Å². The summed E-state index contributed by atoms with van der Waals surface area (Å²) in [4.78, 5) is 10.3. The predicted molar refractivity (Wildman–Crippen MR) is 103 cm³/mol. The molecule has 0 aliphatic heterocycles. The second-order valence-corrected chi connectivity index (χ2v) is 8.81. The second kappa shape index (κ2) is 18.2. The fourth-order valence-electron chi connectivity index (χ4n) is 2.99. The third kappa shape index (κ3) is 16.5. The molecule has 0 aromatic rings. The van der Waals surface area contributed by atoms with Crippen molar-refractivity contribution < 1.29 is 9.00 Å². The van der Waals surface area contributed by atoms with Gasteiger partial charge in [0, 0.05) is 16.0 Å². The van der Waals surface area contributed by atoms with Crippen LogP contribution in [0.2, 0.25) is 0 Å². The van der Waals surface area contributed by atoms with E-state index in [1.807, 2.05) is 6.92 Å². The molecule has 3 heteroatoms. The minimum atomic E-state index is -0.950. The van der Waals surface area contributed by atoms with Gasteiger partial charge in [-0.2, -0.15) is 0 Å². The van der Waals surface area contributed by atoms with Crippen LogP contribution in [0.15, 0.2) is 0 Å². The summed E-state index contributed by atoms with van der Waals surface area (Å²) in [5, 5.41) is 0.178. The van der Waals surface area contributed by atoms with Crippen molar-refractivity contribution in [2.75, 3.05) is 5.75 Å². The molecule has 0 spiro atoms. The number of hydrogen-bond donors (Lipinski definition) is 0. The summed E-state index contributed by atoms with van der Waals surface area (Å²) in [5.74, 6) is 0.208. The molecule has 0 aromatic carbocycles. The van der Waals surface area contributed by atoms with Gasteiger partial charge in [0.05, 0.1) is 5.75 Å². The molecule has 0 fully saturated rings. The lowest BCUT2D eigenvalue weighted by Crippen LogP contribution is -2.14. The zero-order chi connectivity index (χ0) is 17.2. The van der Waals surface area contributed by atoms with E-state index < -0.39 is 10.8 Å². The number of rotatable bonds is 18. The standard InChI is InChI=1S/C20H40O2S/c1-3-4-5-6-7-8-9-10-11-12-13-14-15-16-17-20(2)23(22)19-18-21/h18,20H,3-17,19H2,1-2H3. The summed E-state index contributed by atoms with van der Waals surface area (Å²) in [5.41, 5.74) is 0. The Morgan fingerprint density at radius 2 is 1.13 bits per heavy atom. The Balaban J connectivity index is 3.16. The van der Waals surface area contributed by atoms with Crippen LogP contribution in [0.25, 0.3) is 0 Å². The smallest absolute Gasteiger partial charge is 0.132 e. The van der Waals surface area contributed by atoms with Crippen molar-refractivity contribution >= 4 is 17.1 Å². The molecule has 0 rings (SSSR count). The first kappa shape index (κ1) is 22.8. The maximum absolute atomic E-state index is 11.6. The highest BCUT2D eigenvalue weighted by Crippen LogP contribution is 2.14. The van der Waals surface area contributed by atoms with E-state index >= 15 is 0 Å². The first-order chi connectivity index (χ1) is 11.2. The highest BCUT2D eigenvalue weighted by molar-refractivity contribution is 7.86. The van der Waals surface area contributed by atoms with Gasteiger partial charge in [-0.1, -0.05) is 104 Å². The first-order valence-electron chi connectivity index (χ1n) is 10.0. The number of hydrogen-bond acceptors (Lipinski definition) is 2. The van der Waals surface area contributed by atoms with Crippen molar-refractivity contribution in [1.82, 2.24) is 0 Å². The number of carbonyl (C=O) groups is 1. The summed E-state index contributed by atoms with van der Waals surface area (Å²) >= 11 is 0. The molecule has 0 bridgehead atoms. The molecule has 2 atom stereocenters. The number of aldehydes is 1. The van der Waals surface area contributed by atoms with E-state index in [0.717, 1.165) is 19.1 Å². The molecule has 138 valence electrons. The van der Waals surface area contributed by atoms with Crippen molar-refractivity contribution in [3.8, 4) is 0 Å². The van der Waals surface area contributed by atoms with Crippen molar-refractivity contribution in [3.05, 3.63) is 0 Å². The average molecular weight is 345 g/mol. The molecule has 0 N–H and O–H groups in total. The van der Waals surface area contributed by atoms with Gasteiger partial charge in [0.25, 0.3) is 0 Å². The van der Waals surface area contributed by atoms with E-state index in [1.165, 1.54) is 83.5 Å². The third-order valence-electron chi connectivity index (χ3n) is 4.65. The Kier molecular flexibility index (Phi) is 18.0. The third-order valence-corrected chi connectivity index (χ3v) is 6.24. The highest BCUT2D eigenvalue weighted by Gasteiger charge is 2.09. The van der Waals surface area contributed by atoms with Gasteiger partial charge >= 0.3 is 0 Å². The zero-order valence-corrected chi connectivity index (χ0v) is 16.5. The van der Waals surface area contributed by atoms with Gasteiger partial charge in [0.15, 0.2) is 0 Å². The van der Waals surface area contributed by atoms with E-state index in [4.69, 9.17) is 0 Å². The Morgan fingerprint density at radius 1 is 0.739 bits per heavy atom. The minimum absolute atomic E-state index is 0.178. The summed E-state index contributed by atoms with van der Waals surface area (Å²) < 4.78 is 11.6. The number of unbranched alkanes of at least 4 members (excludes halogenated alkanes) is 13. The molecular weight excluding hydrogens is 304 g/mol. The monoisotopic (exact) mass is 344 g/mol. The molecule has 0 saturated heterocycles. The van der Waals surface area contributed by atoms with Gasteiger partial charge < -0.3 is 4.79 Å². The summed E-state index contributed by atoms with van der Waals surface area (Å²) in [6, 6.07) is 0.